The monoisotopic (exact) mass is 244 g/mol. The van der Waals surface area contributed by atoms with Gasteiger partial charge < -0.3 is 4.74 Å². The van der Waals surface area contributed by atoms with Gasteiger partial charge in [-0.1, -0.05) is 37.0 Å². The van der Waals surface area contributed by atoms with Gasteiger partial charge in [0.25, 0.3) is 0 Å². The van der Waals surface area contributed by atoms with Crippen LogP contribution in [0.15, 0.2) is 18.2 Å². The maximum atomic E-state index is 6.02. The Bertz CT molecular complexity index is 350. The van der Waals surface area contributed by atoms with Crippen LogP contribution in [0.2, 0.25) is 10.0 Å². The van der Waals surface area contributed by atoms with E-state index in [9.17, 15) is 0 Å². The van der Waals surface area contributed by atoms with Crippen LogP contribution in [0.4, 0.5) is 0 Å². The normalized spacial score (nSPS) is 19.0. The molecule has 0 aromatic heterocycles. The average molecular weight is 245 g/mol. The SMILES string of the molecule is CC(C)C1(c2cc(Cl)cc(Cl)c2)COC1. The van der Waals surface area contributed by atoms with Crippen molar-refractivity contribution in [1.82, 2.24) is 0 Å². The van der Waals surface area contributed by atoms with E-state index in [4.69, 9.17) is 27.9 Å². The molecule has 0 spiro atoms. The molecule has 0 radical (unpaired) electrons. The van der Waals surface area contributed by atoms with E-state index in [1.165, 1.54) is 5.56 Å². The van der Waals surface area contributed by atoms with Crippen molar-refractivity contribution < 1.29 is 4.74 Å². The average Bonchev–Trinajstić information content (AvgIpc) is 1.97. The summed E-state index contributed by atoms with van der Waals surface area (Å²) in [7, 11) is 0. The number of ether oxygens (including phenoxy) is 1. The van der Waals surface area contributed by atoms with Crippen LogP contribution in [-0.2, 0) is 10.2 Å². The van der Waals surface area contributed by atoms with Gasteiger partial charge in [-0.05, 0) is 29.7 Å². The molecule has 1 aliphatic rings. The molecule has 0 unspecified atom stereocenters. The second-order valence-electron chi connectivity index (χ2n) is 4.46. The first-order valence-electron chi connectivity index (χ1n) is 5.09. The Kier molecular flexibility index (Phi) is 2.98. The third-order valence-electron chi connectivity index (χ3n) is 3.26. The first kappa shape index (κ1) is 11.3. The van der Waals surface area contributed by atoms with Gasteiger partial charge in [0.15, 0.2) is 0 Å². The highest BCUT2D eigenvalue weighted by atomic mass is 35.5. The maximum Gasteiger partial charge on any atom is 0.0588 e. The summed E-state index contributed by atoms with van der Waals surface area (Å²) < 4.78 is 5.35. The number of hydrogen-bond acceptors (Lipinski definition) is 1. The Balaban J connectivity index is 2.43. The lowest BCUT2D eigenvalue weighted by molar-refractivity contribution is -0.0836. The molecule has 15 heavy (non-hydrogen) atoms. The predicted molar refractivity (Wildman–Crippen MR) is 63.8 cm³/mol. The molecule has 2 rings (SSSR count). The highest BCUT2D eigenvalue weighted by Crippen LogP contribution is 2.41. The van der Waals surface area contributed by atoms with Gasteiger partial charge in [-0.15, -0.1) is 0 Å². The van der Waals surface area contributed by atoms with E-state index in [0.717, 1.165) is 13.2 Å². The third kappa shape index (κ3) is 1.89. The standard InChI is InChI=1S/C12H14Cl2O/c1-8(2)12(6-15-7-12)9-3-10(13)5-11(14)4-9/h3-5,8H,6-7H2,1-2H3. The smallest absolute Gasteiger partial charge is 0.0588 e. The Labute approximate surface area is 100 Å². The molecule has 1 aromatic carbocycles. The lowest BCUT2D eigenvalue weighted by Crippen LogP contribution is -2.50. The van der Waals surface area contributed by atoms with Gasteiger partial charge >= 0.3 is 0 Å². The first-order chi connectivity index (χ1) is 7.04. The summed E-state index contributed by atoms with van der Waals surface area (Å²) in [4.78, 5) is 0. The number of benzene rings is 1. The highest BCUT2D eigenvalue weighted by molar-refractivity contribution is 6.34. The summed E-state index contributed by atoms with van der Waals surface area (Å²) in [6.07, 6.45) is 0. The largest absolute Gasteiger partial charge is 0.379 e. The zero-order chi connectivity index (χ0) is 11.1. The van der Waals surface area contributed by atoms with Crippen molar-refractivity contribution in [1.29, 1.82) is 0 Å². The van der Waals surface area contributed by atoms with Gasteiger partial charge in [0.05, 0.1) is 13.2 Å². The molecule has 82 valence electrons. The Morgan fingerprint density at radius 1 is 1.13 bits per heavy atom. The van der Waals surface area contributed by atoms with E-state index >= 15 is 0 Å². The fraction of sp³-hybridized carbons (Fsp3) is 0.500. The summed E-state index contributed by atoms with van der Waals surface area (Å²) in [5.74, 6) is 0.529. The van der Waals surface area contributed by atoms with Crippen molar-refractivity contribution in [3.8, 4) is 0 Å². The molecule has 1 aromatic rings. The van der Waals surface area contributed by atoms with Gasteiger partial charge in [0, 0.05) is 15.5 Å². The number of halogens is 2. The lowest BCUT2D eigenvalue weighted by atomic mass is 9.70. The zero-order valence-electron chi connectivity index (χ0n) is 8.89. The topological polar surface area (TPSA) is 9.23 Å². The highest BCUT2D eigenvalue weighted by Gasteiger charge is 2.43. The van der Waals surface area contributed by atoms with Crippen molar-refractivity contribution >= 4 is 23.2 Å². The van der Waals surface area contributed by atoms with Crippen LogP contribution in [0.1, 0.15) is 19.4 Å². The Morgan fingerprint density at radius 3 is 2.00 bits per heavy atom. The molecular formula is C12H14Cl2O. The fourth-order valence-corrected chi connectivity index (χ4v) is 2.52. The maximum absolute atomic E-state index is 6.02. The molecule has 0 atom stereocenters. The Morgan fingerprint density at radius 2 is 1.67 bits per heavy atom. The molecule has 3 heteroatoms. The van der Waals surface area contributed by atoms with Crippen LogP contribution in [0.5, 0.6) is 0 Å². The van der Waals surface area contributed by atoms with Crippen molar-refractivity contribution in [2.45, 2.75) is 19.3 Å². The molecule has 1 nitrogen and oxygen atoms in total. The van der Waals surface area contributed by atoms with E-state index in [2.05, 4.69) is 13.8 Å². The zero-order valence-corrected chi connectivity index (χ0v) is 10.4. The molecule has 0 aliphatic carbocycles. The van der Waals surface area contributed by atoms with Gasteiger partial charge in [-0.3, -0.25) is 0 Å². The van der Waals surface area contributed by atoms with E-state index in [1.54, 1.807) is 6.07 Å². The van der Waals surface area contributed by atoms with Crippen molar-refractivity contribution in [3.05, 3.63) is 33.8 Å². The molecule has 0 N–H and O–H groups in total. The molecular weight excluding hydrogens is 231 g/mol. The van der Waals surface area contributed by atoms with Gasteiger partial charge in [0.2, 0.25) is 0 Å². The van der Waals surface area contributed by atoms with E-state index in [-0.39, 0.29) is 5.41 Å². The van der Waals surface area contributed by atoms with E-state index < -0.39 is 0 Å². The van der Waals surface area contributed by atoms with Crippen LogP contribution in [0, 0.1) is 5.92 Å². The summed E-state index contributed by atoms with van der Waals surface area (Å²) in [6.45, 7) is 5.94. The minimum Gasteiger partial charge on any atom is -0.379 e. The molecule has 0 amide bonds. The Hall–Kier alpha value is -0.240. The fourth-order valence-electron chi connectivity index (χ4n) is 2.00. The van der Waals surface area contributed by atoms with Crippen LogP contribution in [-0.4, -0.2) is 13.2 Å². The van der Waals surface area contributed by atoms with Gasteiger partial charge in [-0.2, -0.15) is 0 Å². The second-order valence-corrected chi connectivity index (χ2v) is 5.33. The summed E-state index contributed by atoms with van der Waals surface area (Å²) in [5.41, 5.74) is 1.30. The number of rotatable bonds is 2. The minimum atomic E-state index is 0.106. The van der Waals surface area contributed by atoms with E-state index in [0.29, 0.717) is 16.0 Å². The second kappa shape index (κ2) is 3.97. The quantitative estimate of drug-likeness (QED) is 0.767. The van der Waals surface area contributed by atoms with Crippen molar-refractivity contribution in [2.24, 2.45) is 5.92 Å². The lowest BCUT2D eigenvalue weighted by Gasteiger charge is -2.45. The summed E-state index contributed by atoms with van der Waals surface area (Å²) in [5, 5.41) is 1.40. The minimum absolute atomic E-state index is 0.106. The van der Waals surface area contributed by atoms with Gasteiger partial charge in [-0.25, -0.2) is 0 Å². The van der Waals surface area contributed by atoms with Crippen molar-refractivity contribution in [2.75, 3.05) is 13.2 Å². The molecule has 0 saturated carbocycles. The van der Waals surface area contributed by atoms with Crippen LogP contribution in [0.25, 0.3) is 0 Å². The summed E-state index contributed by atoms with van der Waals surface area (Å²) >= 11 is 12.0. The summed E-state index contributed by atoms with van der Waals surface area (Å²) in [6, 6.07) is 5.76. The molecule has 0 bridgehead atoms. The molecule has 1 saturated heterocycles. The van der Waals surface area contributed by atoms with Crippen molar-refractivity contribution in [3.63, 3.8) is 0 Å². The molecule has 1 fully saturated rings. The van der Waals surface area contributed by atoms with Crippen LogP contribution < -0.4 is 0 Å². The van der Waals surface area contributed by atoms with Crippen LogP contribution in [0.3, 0.4) is 0 Å². The molecule has 1 aliphatic heterocycles. The van der Waals surface area contributed by atoms with E-state index in [1.807, 2.05) is 12.1 Å². The first-order valence-corrected chi connectivity index (χ1v) is 5.84. The third-order valence-corrected chi connectivity index (χ3v) is 3.70. The van der Waals surface area contributed by atoms with Gasteiger partial charge in [0.1, 0.15) is 0 Å². The van der Waals surface area contributed by atoms with Crippen LogP contribution >= 0.6 is 23.2 Å². The number of hydrogen-bond donors (Lipinski definition) is 0. The predicted octanol–water partition coefficient (Wildman–Crippen LogP) is 3.92. The molecule has 1 heterocycles.